The monoisotopic (exact) mass is 296 g/mol. The van der Waals surface area contributed by atoms with Crippen molar-refractivity contribution in [3.8, 4) is 0 Å². The molecule has 3 nitrogen and oxygen atoms in total. The molecule has 1 atom stereocenters. The van der Waals surface area contributed by atoms with Crippen molar-refractivity contribution in [2.24, 2.45) is 0 Å². The van der Waals surface area contributed by atoms with Crippen LogP contribution in [0.15, 0.2) is 11.4 Å². The van der Waals surface area contributed by atoms with Gasteiger partial charge >= 0.3 is 0 Å². The molecule has 1 N–H and O–H groups in total. The largest absolute Gasteiger partial charge is 0.379 e. The highest BCUT2D eigenvalue weighted by Gasteiger charge is 2.23. The second-order valence-corrected chi connectivity index (χ2v) is 6.78. The predicted molar refractivity (Wildman–Crippen MR) is 86.6 cm³/mol. The van der Waals surface area contributed by atoms with Gasteiger partial charge in [0, 0.05) is 37.2 Å². The summed E-state index contributed by atoms with van der Waals surface area (Å²) in [6, 6.07) is 2.88. The highest BCUT2D eigenvalue weighted by atomic mass is 32.1. The molecule has 114 valence electrons. The number of rotatable bonds is 8. The normalized spacial score (nSPS) is 19.5. The molecular formula is C16H28N2OS. The van der Waals surface area contributed by atoms with Gasteiger partial charge in [0.1, 0.15) is 0 Å². The summed E-state index contributed by atoms with van der Waals surface area (Å²) in [6.45, 7) is 11.8. The minimum Gasteiger partial charge on any atom is -0.379 e. The lowest BCUT2D eigenvalue weighted by atomic mass is 10.0. The minimum atomic E-state index is 0.351. The van der Waals surface area contributed by atoms with Gasteiger partial charge in [-0.05, 0) is 57.2 Å². The third kappa shape index (κ3) is 4.55. The molecule has 0 fully saturated rings. The van der Waals surface area contributed by atoms with E-state index in [2.05, 4.69) is 42.4 Å². The number of thiophene rings is 1. The van der Waals surface area contributed by atoms with E-state index in [-0.39, 0.29) is 0 Å². The lowest BCUT2D eigenvalue weighted by Crippen LogP contribution is -2.38. The molecule has 1 aliphatic rings. The fourth-order valence-electron chi connectivity index (χ4n) is 2.73. The highest BCUT2D eigenvalue weighted by Crippen LogP contribution is 2.32. The average Bonchev–Trinajstić information content (AvgIpc) is 2.89. The molecule has 4 heteroatoms. The van der Waals surface area contributed by atoms with Gasteiger partial charge in [0.2, 0.25) is 0 Å². The van der Waals surface area contributed by atoms with Crippen LogP contribution in [-0.4, -0.2) is 43.8 Å². The lowest BCUT2D eigenvalue weighted by molar-refractivity contribution is 0.0769. The Bertz CT molecular complexity index is 392. The molecule has 0 saturated heterocycles. The van der Waals surface area contributed by atoms with Crippen LogP contribution in [0.4, 0.5) is 0 Å². The first-order valence-electron chi connectivity index (χ1n) is 7.81. The van der Waals surface area contributed by atoms with Gasteiger partial charge < -0.3 is 10.1 Å². The first kappa shape index (κ1) is 16.0. The van der Waals surface area contributed by atoms with Crippen molar-refractivity contribution in [2.45, 2.75) is 45.8 Å². The van der Waals surface area contributed by atoms with E-state index in [1.165, 1.54) is 13.0 Å². The van der Waals surface area contributed by atoms with E-state index in [9.17, 15) is 0 Å². The molecule has 0 saturated carbocycles. The average molecular weight is 296 g/mol. The SMILES string of the molecule is CC(C)OCCCNCCN1CCc2sccc2C1C. The van der Waals surface area contributed by atoms with Gasteiger partial charge in [0.25, 0.3) is 0 Å². The van der Waals surface area contributed by atoms with Crippen LogP contribution in [0.3, 0.4) is 0 Å². The molecule has 0 aliphatic carbocycles. The first-order chi connectivity index (χ1) is 9.68. The molecule has 1 aliphatic heterocycles. The van der Waals surface area contributed by atoms with E-state index in [4.69, 9.17) is 4.74 Å². The van der Waals surface area contributed by atoms with Crippen molar-refractivity contribution in [2.75, 3.05) is 32.8 Å². The van der Waals surface area contributed by atoms with Crippen molar-refractivity contribution >= 4 is 11.3 Å². The lowest BCUT2D eigenvalue weighted by Gasteiger charge is -2.33. The maximum atomic E-state index is 5.54. The third-order valence-electron chi connectivity index (χ3n) is 3.93. The molecule has 2 heterocycles. The molecule has 0 aromatic carbocycles. The molecule has 0 radical (unpaired) electrons. The summed E-state index contributed by atoms with van der Waals surface area (Å²) in [5, 5.41) is 5.76. The Kier molecular flexibility index (Phi) is 6.49. The molecule has 1 aromatic heterocycles. The summed E-state index contributed by atoms with van der Waals surface area (Å²) in [5.74, 6) is 0. The van der Waals surface area contributed by atoms with Crippen molar-refractivity contribution in [3.63, 3.8) is 0 Å². The second kappa shape index (κ2) is 8.13. The minimum absolute atomic E-state index is 0.351. The number of ether oxygens (including phenoxy) is 1. The fourth-order valence-corrected chi connectivity index (χ4v) is 3.69. The molecular weight excluding hydrogens is 268 g/mol. The van der Waals surface area contributed by atoms with Gasteiger partial charge in [0.15, 0.2) is 0 Å². The highest BCUT2D eigenvalue weighted by molar-refractivity contribution is 7.10. The van der Waals surface area contributed by atoms with Crippen LogP contribution in [0.25, 0.3) is 0 Å². The quantitative estimate of drug-likeness (QED) is 0.746. The Labute approximate surface area is 127 Å². The summed E-state index contributed by atoms with van der Waals surface area (Å²) in [6.07, 6.45) is 2.67. The maximum Gasteiger partial charge on any atom is 0.0518 e. The molecule has 0 bridgehead atoms. The molecule has 2 rings (SSSR count). The first-order valence-corrected chi connectivity index (χ1v) is 8.69. The van der Waals surface area contributed by atoms with Crippen molar-refractivity contribution in [1.82, 2.24) is 10.2 Å². The number of fused-ring (bicyclic) bond motifs is 1. The molecule has 0 amide bonds. The van der Waals surface area contributed by atoms with Crippen molar-refractivity contribution in [1.29, 1.82) is 0 Å². The Morgan fingerprint density at radius 2 is 2.30 bits per heavy atom. The number of nitrogens with one attached hydrogen (secondary N) is 1. The van der Waals surface area contributed by atoms with Crippen LogP contribution in [-0.2, 0) is 11.2 Å². The van der Waals surface area contributed by atoms with E-state index in [1.807, 2.05) is 11.3 Å². The van der Waals surface area contributed by atoms with Gasteiger partial charge in [-0.1, -0.05) is 0 Å². The maximum absolute atomic E-state index is 5.54. The van der Waals surface area contributed by atoms with Gasteiger partial charge in [-0.15, -0.1) is 11.3 Å². The van der Waals surface area contributed by atoms with E-state index < -0.39 is 0 Å². The second-order valence-electron chi connectivity index (χ2n) is 5.78. The topological polar surface area (TPSA) is 24.5 Å². The molecule has 0 spiro atoms. The summed E-state index contributed by atoms with van der Waals surface area (Å²) in [7, 11) is 0. The summed E-state index contributed by atoms with van der Waals surface area (Å²) < 4.78 is 5.54. The van der Waals surface area contributed by atoms with Gasteiger partial charge in [0.05, 0.1) is 6.10 Å². The third-order valence-corrected chi connectivity index (χ3v) is 4.93. The van der Waals surface area contributed by atoms with E-state index >= 15 is 0 Å². The van der Waals surface area contributed by atoms with E-state index in [1.54, 1.807) is 10.4 Å². The van der Waals surface area contributed by atoms with Crippen LogP contribution in [0.5, 0.6) is 0 Å². The van der Waals surface area contributed by atoms with Gasteiger partial charge in [-0.2, -0.15) is 0 Å². The van der Waals surface area contributed by atoms with Gasteiger partial charge in [-0.25, -0.2) is 0 Å². The zero-order chi connectivity index (χ0) is 14.4. The fraction of sp³-hybridized carbons (Fsp3) is 0.750. The molecule has 1 aromatic rings. The van der Waals surface area contributed by atoms with Crippen LogP contribution in [0, 0.1) is 0 Å². The number of nitrogens with zero attached hydrogens (tertiary/aromatic N) is 1. The molecule has 20 heavy (non-hydrogen) atoms. The summed E-state index contributed by atoms with van der Waals surface area (Å²) in [4.78, 5) is 4.18. The zero-order valence-electron chi connectivity index (χ0n) is 13.0. The molecule has 1 unspecified atom stereocenters. The zero-order valence-corrected chi connectivity index (χ0v) is 13.8. The Balaban J connectivity index is 1.59. The van der Waals surface area contributed by atoms with Crippen molar-refractivity contribution in [3.05, 3.63) is 21.9 Å². The van der Waals surface area contributed by atoms with E-state index in [0.29, 0.717) is 12.1 Å². The summed E-state index contributed by atoms with van der Waals surface area (Å²) in [5.41, 5.74) is 1.55. The smallest absolute Gasteiger partial charge is 0.0518 e. The Morgan fingerprint density at radius 1 is 1.45 bits per heavy atom. The van der Waals surface area contributed by atoms with Crippen LogP contribution >= 0.6 is 11.3 Å². The summed E-state index contributed by atoms with van der Waals surface area (Å²) >= 11 is 1.91. The van der Waals surface area contributed by atoms with Crippen molar-refractivity contribution < 1.29 is 4.74 Å². The van der Waals surface area contributed by atoms with Crippen LogP contribution in [0.1, 0.15) is 43.7 Å². The predicted octanol–water partition coefficient (Wildman–Crippen LogP) is 3.07. The van der Waals surface area contributed by atoms with Gasteiger partial charge in [-0.3, -0.25) is 4.90 Å². The number of hydrogen-bond donors (Lipinski definition) is 1. The standard InChI is InChI=1S/C16H28N2OS/c1-13(2)19-11-4-7-17-8-10-18-9-5-16-15(14(18)3)6-12-20-16/h6,12-14,17H,4-5,7-11H2,1-3H3. The van der Waals surface area contributed by atoms with E-state index in [0.717, 1.165) is 32.7 Å². The Hall–Kier alpha value is -0.420. The van der Waals surface area contributed by atoms with Crippen LogP contribution < -0.4 is 5.32 Å². The number of hydrogen-bond acceptors (Lipinski definition) is 4. The van der Waals surface area contributed by atoms with Crippen LogP contribution in [0.2, 0.25) is 0 Å². The Morgan fingerprint density at radius 3 is 3.10 bits per heavy atom.